The first-order chi connectivity index (χ1) is 13.2. The summed E-state index contributed by atoms with van der Waals surface area (Å²) in [6, 6.07) is 17.7. The molecule has 2 unspecified atom stereocenters. The summed E-state index contributed by atoms with van der Waals surface area (Å²) in [6.45, 7) is 0. The fraction of sp³-hybridized carbons (Fsp3) is 0.304. The molecule has 4 nitrogen and oxygen atoms in total. The Bertz CT molecular complexity index is 839. The summed E-state index contributed by atoms with van der Waals surface area (Å²) in [6.07, 6.45) is 8.16. The SMILES string of the molecule is C#CCC(Cc1ccccc1)NC(=O)CCC1Cc2ccccc2NC1=O. The van der Waals surface area contributed by atoms with Crippen LogP contribution in [0.3, 0.4) is 0 Å². The molecule has 2 amide bonds. The molecule has 0 spiro atoms. The van der Waals surface area contributed by atoms with Gasteiger partial charge >= 0.3 is 0 Å². The summed E-state index contributed by atoms with van der Waals surface area (Å²) in [5, 5.41) is 5.96. The number of para-hydroxylation sites is 1. The first-order valence-electron chi connectivity index (χ1n) is 9.31. The highest BCUT2D eigenvalue weighted by atomic mass is 16.2. The van der Waals surface area contributed by atoms with Gasteiger partial charge in [-0.1, -0.05) is 48.5 Å². The third-order valence-electron chi connectivity index (χ3n) is 4.89. The molecule has 1 heterocycles. The van der Waals surface area contributed by atoms with Gasteiger partial charge in [0.25, 0.3) is 0 Å². The molecule has 0 bridgehead atoms. The zero-order valence-corrected chi connectivity index (χ0v) is 15.3. The van der Waals surface area contributed by atoms with Crippen molar-refractivity contribution in [2.75, 3.05) is 5.32 Å². The predicted octanol–water partition coefficient (Wildman–Crippen LogP) is 3.33. The largest absolute Gasteiger partial charge is 0.352 e. The molecular weight excluding hydrogens is 336 g/mol. The van der Waals surface area contributed by atoms with Crippen molar-refractivity contribution in [1.82, 2.24) is 5.32 Å². The van der Waals surface area contributed by atoms with Crippen molar-refractivity contribution in [1.29, 1.82) is 0 Å². The van der Waals surface area contributed by atoms with E-state index in [2.05, 4.69) is 16.6 Å². The highest BCUT2D eigenvalue weighted by molar-refractivity contribution is 5.96. The van der Waals surface area contributed by atoms with Crippen molar-refractivity contribution >= 4 is 17.5 Å². The second-order valence-electron chi connectivity index (χ2n) is 6.95. The summed E-state index contributed by atoms with van der Waals surface area (Å²) >= 11 is 0. The van der Waals surface area contributed by atoms with Crippen molar-refractivity contribution in [2.45, 2.75) is 38.1 Å². The standard InChI is InChI=1S/C23H24N2O2/c1-2-8-20(15-17-9-4-3-5-10-17)24-22(26)14-13-19-16-18-11-6-7-12-21(18)25-23(19)27/h1,3-7,9-12,19-20H,8,13-16H2,(H,24,26)(H,25,27). The summed E-state index contributed by atoms with van der Waals surface area (Å²) in [4.78, 5) is 24.7. The molecule has 0 fully saturated rings. The van der Waals surface area contributed by atoms with Crippen LogP contribution in [0, 0.1) is 18.3 Å². The zero-order valence-electron chi connectivity index (χ0n) is 15.3. The summed E-state index contributed by atoms with van der Waals surface area (Å²) in [5.41, 5.74) is 3.14. The van der Waals surface area contributed by atoms with Crippen LogP contribution < -0.4 is 10.6 Å². The van der Waals surface area contributed by atoms with Gasteiger partial charge in [-0.25, -0.2) is 0 Å². The van der Waals surface area contributed by atoms with Crippen LogP contribution >= 0.6 is 0 Å². The number of carbonyl (C=O) groups is 2. The molecule has 0 aromatic heterocycles. The van der Waals surface area contributed by atoms with Crippen molar-refractivity contribution < 1.29 is 9.59 Å². The van der Waals surface area contributed by atoms with E-state index in [9.17, 15) is 9.59 Å². The van der Waals surface area contributed by atoms with Gasteiger partial charge < -0.3 is 10.6 Å². The predicted molar refractivity (Wildman–Crippen MR) is 107 cm³/mol. The number of nitrogens with one attached hydrogen (secondary N) is 2. The Morgan fingerprint density at radius 2 is 1.93 bits per heavy atom. The van der Waals surface area contributed by atoms with Gasteiger partial charge in [-0.2, -0.15) is 0 Å². The highest BCUT2D eigenvalue weighted by Gasteiger charge is 2.26. The number of anilines is 1. The average Bonchev–Trinajstić information content (AvgIpc) is 2.67. The second kappa shape index (κ2) is 9.05. The molecule has 0 saturated heterocycles. The Morgan fingerprint density at radius 3 is 2.70 bits per heavy atom. The maximum absolute atomic E-state index is 12.4. The minimum absolute atomic E-state index is 0.00837. The third kappa shape index (κ3) is 5.21. The van der Waals surface area contributed by atoms with Crippen LogP contribution in [-0.2, 0) is 22.4 Å². The van der Waals surface area contributed by atoms with Crippen LogP contribution in [0.4, 0.5) is 5.69 Å². The van der Waals surface area contributed by atoms with Crippen LogP contribution in [0.5, 0.6) is 0 Å². The van der Waals surface area contributed by atoms with Crippen molar-refractivity contribution in [3.05, 3.63) is 65.7 Å². The van der Waals surface area contributed by atoms with Gasteiger partial charge in [-0.05, 0) is 36.5 Å². The molecule has 1 aliphatic heterocycles. The molecule has 2 aromatic rings. The number of rotatable bonds is 7. The number of terminal acetylenes is 1. The van der Waals surface area contributed by atoms with Gasteiger partial charge in [0, 0.05) is 30.5 Å². The fourth-order valence-electron chi connectivity index (χ4n) is 3.47. The van der Waals surface area contributed by atoms with Gasteiger partial charge in [0.2, 0.25) is 11.8 Å². The van der Waals surface area contributed by atoms with E-state index in [1.165, 1.54) is 0 Å². The average molecular weight is 360 g/mol. The van der Waals surface area contributed by atoms with E-state index in [4.69, 9.17) is 6.42 Å². The maximum atomic E-state index is 12.4. The van der Waals surface area contributed by atoms with Gasteiger partial charge in [0.15, 0.2) is 0 Å². The molecule has 0 aliphatic carbocycles. The molecule has 1 aliphatic rings. The Morgan fingerprint density at radius 1 is 1.19 bits per heavy atom. The molecule has 0 saturated carbocycles. The lowest BCUT2D eigenvalue weighted by Gasteiger charge is -2.24. The summed E-state index contributed by atoms with van der Waals surface area (Å²) in [5.74, 6) is 2.40. The number of fused-ring (bicyclic) bond motifs is 1. The quantitative estimate of drug-likeness (QED) is 0.744. The van der Waals surface area contributed by atoms with E-state index in [-0.39, 0.29) is 23.8 Å². The van der Waals surface area contributed by atoms with Crippen molar-refractivity contribution in [2.24, 2.45) is 5.92 Å². The highest BCUT2D eigenvalue weighted by Crippen LogP contribution is 2.27. The van der Waals surface area contributed by atoms with Crippen molar-refractivity contribution in [3.8, 4) is 12.3 Å². The van der Waals surface area contributed by atoms with E-state index >= 15 is 0 Å². The van der Waals surface area contributed by atoms with Crippen LogP contribution in [0.2, 0.25) is 0 Å². The fourth-order valence-corrected chi connectivity index (χ4v) is 3.47. The van der Waals surface area contributed by atoms with Crippen LogP contribution in [-0.4, -0.2) is 17.9 Å². The summed E-state index contributed by atoms with van der Waals surface area (Å²) < 4.78 is 0. The lowest BCUT2D eigenvalue weighted by Crippen LogP contribution is -2.37. The molecule has 27 heavy (non-hydrogen) atoms. The number of amides is 2. The van der Waals surface area contributed by atoms with Gasteiger partial charge in [-0.3, -0.25) is 9.59 Å². The number of benzene rings is 2. The first kappa shape index (κ1) is 18.7. The Kier molecular flexibility index (Phi) is 6.27. The maximum Gasteiger partial charge on any atom is 0.227 e. The Labute approximate surface area is 160 Å². The number of hydrogen-bond donors (Lipinski definition) is 2. The Balaban J connectivity index is 1.52. The van der Waals surface area contributed by atoms with Crippen LogP contribution in [0.25, 0.3) is 0 Å². The summed E-state index contributed by atoms with van der Waals surface area (Å²) in [7, 11) is 0. The molecule has 2 atom stereocenters. The minimum Gasteiger partial charge on any atom is -0.352 e. The molecule has 4 heteroatoms. The molecule has 2 aromatic carbocycles. The molecule has 3 rings (SSSR count). The van der Waals surface area contributed by atoms with Crippen LogP contribution in [0.1, 0.15) is 30.4 Å². The number of hydrogen-bond acceptors (Lipinski definition) is 2. The third-order valence-corrected chi connectivity index (χ3v) is 4.89. The van der Waals surface area contributed by atoms with Crippen LogP contribution in [0.15, 0.2) is 54.6 Å². The first-order valence-corrected chi connectivity index (χ1v) is 9.31. The van der Waals surface area contributed by atoms with E-state index < -0.39 is 0 Å². The number of carbonyl (C=O) groups excluding carboxylic acids is 2. The minimum atomic E-state index is -0.175. The van der Waals surface area contributed by atoms with Gasteiger partial charge in [0.1, 0.15) is 0 Å². The zero-order chi connectivity index (χ0) is 19.1. The smallest absolute Gasteiger partial charge is 0.227 e. The molecule has 0 radical (unpaired) electrons. The lowest BCUT2D eigenvalue weighted by atomic mass is 9.89. The Hall–Kier alpha value is -3.06. The molecule has 2 N–H and O–H groups in total. The van der Waals surface area contributed by atoms with E-state index in [0.717, 1.165) is 16.8 Å². The molecule has 138 valence electrons. The van der Waals surface area contributed by atoms with E-state index in [0.29, 0.717) is 32.1 Å². The second-order valence-corrected chi connectivity index (χ2v) is 6.95. The normalized spacial score (nSPS) is 16.6. The van der Waals surface area contributed by atoms with E-state index in [1.807, 2.05) is 54.6 Å². The monoisotopic (exact) mass is 360 g/mol. The van der Waals surface area contributed by atoms with E-state index in [1.54, 1.807) is 0 Å². The molecular formula is C23H24N2O2. The van der Waals surface area contributed by atoms with Gasteiger partial charge in [-0.15, -0.1) is 12.3 Å². The van der Waals surface area contributed by atoms with Gasteiger partial charge in [0.05, 0.1) is 0 Å². The topological polar surface area (TPSA) is 58.2 Å². The lowest BCUT2D eigenvalue weighted by molar-refractivity contribution is -0.123. The van der Waals surface area contributed by atoms with Crippen molar-refractivity contribution in [3.63, 3.8) is 0 Å².